The van der Waals surface area contributed by atoms with E-state index in [1.54, 1.807) is 0 Å². The summed E-state index contributed by atoms with van der Waals surface area (Å²) in [6, 6.07) is -2.47. The van der Waals surface area contributed by atoms with Gasteiger partial charge >= 0.3 is 11.9 Å². The molecular formula is C12H22N6O6. The van der Waals surface area contributed by atoms with Crippen LogP contribution in [-0.4, -0.2) is 65.1 Å². The summed E-state index contributed by atoms with van der Waals surface area (Å²) >= 11 is 0. The Balaban J connectivity index is 4.14. The molecular weight excluding hydrogens is 324 g/mol. The molecule has 0 radical (unpaired) electrons. The smallest absolute Gasteiger partial charge is 0.326 e. The Kier molecular flexibility index (Phi) is 9.48. The molecule has 2 atom stereocenters. The molecule has 0 aromatic rings. The molecule has 0 aliphatic heterocycles. The molecule has 0 heterocycles. The van der Waals surface area contributed by atoms with E-state index in [0.717, 1.165) is 0 Å². The highest BCUT2D eigenvalue weighted by atomic mass is 16.4. The number of hydrogen-bond donors (Lipinski definition) is 8. The first-order valence-corrected chi connectivity index (χ1v) is 6.98. The summed E-state index contributed by atoms with van der Waals surface area (Å²) in [6.07, 6.45) is -0.0256. The molecule has 0 saturated carbocycles. The van der Waals surface area contributed by atoms with Gasteiger partial charge in [-0.3, -0.25) is 19.8 Å². The molecule has 0 saturated heterocycles. The van der Waals surface area contributed by atoms with Crippen molar-refractivity contribution in [3.8, 4) is 0 Å². The summed E-state index contributed by atoms with van der Waals surface area (Å²) in [4.78, 5) is 44.5. The number of carboxylic acids is 2. The van der Waals surface area contributed by atoms with Gasteiger partial charge in [-0.1, -0.05) is 0 Å². The van der Waals surface area contributed by atoms with Crippen LogP contribution in [0.25, 0.3) is 0 Å². The average Bonchev–Trinajstić information content (AvgIpc) is 2.47. The van der Waals surface area contributed by atoms with Crippen LogP contribution in [0.1, 0.15) is 19.3 Å². The van der Waals surface area contributed by atoms with E-state index in [1.165, 1.54) is 0 Å². The lowest BCUT2D eigenvalue weighted by Gasteiger charge is -2.14. The normalized spacial score (nSPS) is 12.5. The first kappa shape index (κ1) is 21.1. The fraction of sp³-hybridized carbons (Fsp3) is 0.583. The van der Waals surface area contributed by atoms with Crippen molar-refractivity contribution < 1.29 is 29.4 Å². The van der Waals surface area contributed by atoms with E-state index in [4.69, 9.17) is 27.1 Å². The van der Waals surface area contributed by atoms with Crippen molar-refractivity contribution in [2.24, 2.45) is 11.5 Å². The lowest BCUT2D eigenvalue weighted by molar-refractivity contribution is -0.147. The molecule has 24 heavy (non-hydrogen) atoms. The average molecular weight is 346 g/mol. The number of nitrogens with two attached hydrogens (primary N) is 2. The van der Waals surface area contributed by atoms with Gasteiger partial charge in [-0.2, -0.15) is 0 Å². The van der Waals surface area contributed by atoms with Crippen molar-refractivity contribution in [3.63, 3.8) is 0 Å². The van der Waals surface area contributed by atoms with Crippen LogP contribution in [0.5, 0.6) is 0 Å². The van der Waals surface area contributed by atoms with E-state index in [9.17, 15) is 19.2 Å². The van der Waals surface area contributed by atoms with Gasteiger partial charge in [-0.15, -0.1) is 0 Å². The third kappa shape index (κ3) is 9.94. The van der Waals surface area contributed by atoms with E-state index >= 15 is 0 Å². The molecule has 2 amide bonds. The van der Waals surface area contributed by atoms with E-state index in [2.05, 4.69) is 10.6 Å². The van der Waals surface area contributed by atoms with Gasteiger partial charge in [-0.25, -0.2) is 4.79 Å². The quantitative estimate of drug-likeness (QED) is 0.107. The monoisotopic (exact) mass is 346 g/mol. The minimum absolute atomic E-state index is 0.195. The van der Waals surface area contributed by atoms with Crippen molar-refractivity contribution >= 4 is 29.7 Å². The van der Waals surface area contributed by atoms with Gasteiger partial charge in [0.25, 0.3) is 0 Å². The van der Waals surface area contributed by atoms with Crippen molar-refractivity contribution in [1.29, 1.82) is 5.41 Å². The molecule has 0 aliphatic rings. The maximum Gasteiger partial charge on any atom is 0.326 e. The zero-order chi connectivity index (χ0) is 18.7. The van der Waals surface area contributed by atoms with Gasteiger partial charge in [-0.05, 0) is 12.8 Å². The van der Waals surface area contributed by atoms with Crippen LogP contribution in [0.3, 0.4) is 0 Å². The largest absolute Gasteiger partial charge is 0.481 e. The van der Waals surface area contributed by atoms with Gasteiger partial charge in [0.15, 0.2) is 5.96 Å². The first-order valence-electron chi connectivity index (χ1n) is 6.98. The van der Waals surface area contributed by atoms with Crippen LogP contribution < -0.4 is 27.4 Å². The summed E-state index contributed by atoms with van der Waals surface area (Å²) in [5, 5.41) is 31.0. The van der Waals surface area contributed by atoms with Crippen LogP contribution in [0.4, 0.5) is 0 Å². The number of hydrogen-bond acceptors (Lipinski definition) is 6. The molecule has 0 rings (SSSR count). The van der Waals surface area contributed by atoms with Crippen LogP contribution >= 0.6 is 0 Å². The molecule has 0 spiro atoms. The molecule has 1 unspecified atom stereocenters. The van der Waals surface area contributed by atoms with E-state index in [0.29, 0.717) is 13.0 Å². The Morgan fingerprint density at radius 2 is 1.75 bits per heavy atom. The van der Waals surface area contributed by atoms with Crippen molar-refractivity contribution in [1.82, 2.24) is 16.0 Å². The molecule has 10 N–H and O–H groups in total. The van der Waals surface area contributed by atoms with Crippen LogP contribution in [-0.2, 0) is 19.2 Å². The Morgan fingerprint density at radius 1 is 1.12 bits per heavy atom. The van der Waals surface area contributed by atoms with Crippen LogP contribution in [0, 0.1) is 5.41 Å². The number of carbonyl (C=O) groups is 4. The third-order valence-corrected chi connectivity index (χ3v) is 2.78. The first-order chi connectivity index (χ1) is 11.1. The molecule has 136 valence electrons. The molecule has 12 nitrogen and oxygen atoms in total. The number of nitrogens with one attached hydrogen (secondary N) is 4. The van der Waals surface area contributed by atoms with Crippen LogP contribution in [0.15, 0.2) is 0 Å². The Hall–Kier alpha value is -2.89. The Bertz CT molecular complexity index is 496. The third-order valence-electron chi connectivity index (χ3n) is 2.78. The minimum Gasteiger partial charge on any atom is -0.481 e. The number of aliphatic carboxylic acids is 2. The predicted molar refractivity (Wildman–Crippen MR) is 82.0 cm³/mol. The standard InChI is InChI=1S/C12H22N6O6/c13-6(2-1-3-16-12(14)15)10(22)17-5-8(19)18-7(11(23)24)4-9(20)21/h6-7H,1-5,13H2,(H,17,22)(H,18,19)(H,20,21)(H,23,24)(H4,14,15,16)/t6?,7-/m0/s1. The second kappa shape index (κ2) is 10.8. The second-order valence-electron chi connectivity index (χ2n) is 4.86. The number of carboxylic acid groups (broad SMARTS) is 2. The molecule has 0 aliphatic carbocycles. The Morgan fingerprint density at radius 3 is 2.25 bits per heavy atom. The maximum atomic E-state index is 11.7. The van der Waals surface area contributed by atoms with Crippen LogP contribution in [0.2, 0.25) is 0 Å². The molecule has 12 heteroatoms. The summed E-state index contributed by atoms with van der Waals surface area (Å²) in [7, 11) is 0. The predicted octanol–water partition coefficient (Wildman–Crippen LogP) is -3.26. The van der Waals surface area contributed by atoms with Crippen molar-refractivity contribution in [2.45, 2.75) is 31.3 Å². The number of carbonyl (C=O) groups excluding carboxylic acids is 2. The van der Waals surface area contributed by atoms with Crippen molar-refractivity contribution in [3.05, 3.63) is 0 Å². The highest BCUT2D eigenvalue weighted by Crippen LogP contribution is 1.94. The number of amides is 2. The number of rotatable bonds is 11. The Labute approximate surface area is 137 Å². The van der Waals surface area contributed by atoms with Gasteiger partial charge in [0.05, 0.1) is 19.0 Å². The summed E-state index contributed by atoms with van der Waals surface area (Å²) in [5.41, 5.74) is 10.7. The SMILES string of the molecule is N=C(N)NCCCC(N)C(=O)NCC(=O)N[C@@H](CC(=O)O)C(=O)O. The van der Waals surface area contributed by atoms with E-state index < -0.39 is 48.8 Å². The van der Waals surface area contributed by atoms with Gasteiger partial charge in [0.1, 0.15) is 6.04 Å². The molecule has 0 aromatic carbocycles. The molecule has 0 aromatic heterocycles. The maximum absolute atomic E-state index is 11.7. The lowest BCUT2D eigenvalue weighted by Crippen LogP contribution is -2.49. The molecule has 0 bridgehead atoms. The fourth-order valence-corrected chi connectivity index (χ4v) is 1.59. The van der Waals surface area contributed by atoms with E-state index in [1.807, 2.05) is 5.32 Å². The zero-order valence-electron chi connectivity index (χ0n) is 12.9. The summed E-state index contributed by atoms with van der Waals surface area (Å²) in [6.45, 7) is -0.159. The van der Waals surface area contributed by atoms with Gasteiger partial charge in [0, 0.05) is 6.54 Å². The zero-order valence-corrected chi connectivity index (χ0v) is 12.9. The highest BCUT2D eigenvalue weighted by molar-refractivity contribution is 5.90. The minimum atomic E-state index is -1.58. The van der Waals surface area contributed by atoms with Crippen molar-refractivity contribution in [2.75, 3.05) is 13.1 Å². The lowest BCUT2D eigenvalue weighted by atomic mass is 10.1. The topological polar surface area (TPSA) is 221 Å². The van der Waals surface area contributed by atoms with Gasteiger partial charge in [0.2, 0.25) is 11.8 Å². The van der Waals surface area contributed by atoms with Gasteiger partial charge < -0.3 is 37.6 Å². The summed E-state index contributed by atoms with van der Waals surface area (Å²) < 4.78 is 0. The fourth-order valence-electron chi connectivity index (χ4n) is 1.59. The van der Waals surface area contributed by atoms with E-state index in [-0.39, 0.29) is 12.4 Å². The molecule has 0 fully saturated rings. The second-order valence-corrected chi connectivity index (χ2v) is 4.86. The summed E-state index contributed by atoms with van der Waals surface area (Å²) in [5.74, 6) is -4.53. The highest BCUT2D eigenvalue weighted by Gasteiger charge is 2.23. The number of guanidine groups is 1.